The summed E-state index contributed by atoms with van der Waals surface area (Å²) >= 11 is 8.99. The molecule has 0 atom stereocenters. The number of benzene rings is 4. The van der Waals surface area contributed by atoms with Gasteiger partial charge in [-0.2, -0.15) is 0 Å². The standard InChI is InChI=1S/C43H46ClNOS/c1-25-18-30-32(42(6,7)16-14-40(30,2)3)22-35(25)45(26-19-28-27-12-10-11-13-37(27)46-39(28)34(44)20-26)36-24-47-38-23-33-31(21-29(36)38)41(4,5)15-17-43(33,8)9/h10-13,18-24H,14-17H2,1-9H3. The molecular weight excluding hydrogens is 614 g/mol. The Hall–Kier alpha value is -3.27. The van der Waals surface area contributed by atoms with Crippen LogP contribution in [0.15, 0.2) is 70.5 Å². The molecule has 2 aromatic heterocycles. The van der Waals surface area contributed by atoms with E-state index in [2.05, 4.69) is 121 Å². The van der Waals surface area contributed by atoms with Crippen molar-refractivity contribution in [2.75, 3.05) is 4.90 Å². The molecule has 8 rings (SSSR count). The molecule has 0 saturated carbocycles. The number of para-hydroxylation sites is 1. The van der Waals surface area contributed by atoms with Gasteiger partial charge in [0.05, 0.1) is 10.7 Å². The van der Waals surface area contributed by atoms with Crippen molar-refractivity contribution in [3.05, 3.63) is 98.9 Å². The van der Waals surface area contributed by atoms with E-state index in [1.54, 1.807) is 0 Å². The Kier molecular flexibility index (Phi) is 6.68. The van der Waals surface area contributed by atoms with Gasteiger partial charge >= 0.3 is 0 Å². The molecule has 0 amide bonds. The van der Waals surface area contributed by atoms with Crippen LogP contribution in [0.25, 0.3) is 32.0 Å². The van der Waals surface area contributed by atoms with Crippen molar-refractivity contribution in [2.24, 2.45) is 0 Å². The second-order valence-corrected chi connectivity index (χ2v) is 18.3. The summed E-state index contributed by atoms with van der Waals surface area (Å²) in [5.74, 6) is 0. The summed E-state index contributed by atoms with van der Waals surface area (Å²) in [4.78, 5) is 2.49. The van der Waals surface area contributed by atoms with Gasteiger partial charge in [-0.05, 0) is 118 Å². The quantitative estimate of drug-likeness (QED) is 0.188. The van der Waals surface area contributed by atoms with Gasteiger partial charge in [-0.3, -0.25) is 0 Å². The van der Waals surface area contributed by atoms with Crippen molar-refractivity contribution in [1.82, 2.24) is 0 Å². The van der Waals surface area contributed by atoms with Crippen molar-refractivity contribution < 1.29 is 4.42 Å². The van der Waals surface area contributed by atoms with Crippen LogP contribution in [0.1, 0.15) is 109 Å². The highest BCUT2D eigenvalue weighted by Gasteiger charge is 2.40. The van der Waals surface area contributed by atoms with Crippen LogP contribution < -0.4 is 4.90 Å². The zero-order valence-corrected chi connectivity index (χ0v) is 30.9. The van der Waals surface area contributed by atoms with E-state index in [4.69, 9.17) is 16.0 Å². The van der Waals surface area contributed by atoms with Crippen LogP contribution in [0.3, 0.4) is 0 Å². The van der Waals surface area contributed by atoms with Crippen molar-refractivity contribution in [3.63, 3.8) is 0 Å². The average molecular weight is 660 g/mol. The number of fused-ring (bicyclic) bond motifs is 6. The number of thiophene rings is 1. The van der Waals surface area contributed by atoms with Crippen LogP contribution >= 0.6 is 22.9 Å². The van der Waals surface area contributed by atoms with E-state index in [0.717, 1.165) is 27.6 Å². The van der Waals surface area contributed by atoms with E-state index in [1.165, 1.54) is 75.0 Å². The first kappa shape index (κ1) is 31.0. The lowest BCUT2D eigenvalue weighted by molar-refractivity contribution is 0.332. The van der Waals surface area contributed by atoms with Gasteiger partial charge < -0.3 is 9.32 Å². The smallest absolute Gasteiger partial charge is 0.154 e. The number of rotatable bonds is 3. The highest BCUT2D eigenvalue weighted by Crippen LogP contribution is 2.53. The number of halogens is 1. The summed E-state index contributed by atoms with van der Waals surface area (Å²) in [6.45, 7) is 21.6. The van der Waals surface area contributed by atoms with Crippen LogP contribution in [0.2, 0.25) is 5.02 Å². The van der Waals surface area contributed by atoms with E-state index in [9.17, 15) is 0 Å². The second kappa shape index (κ2) is 10.1. The molecule has 0 unspecified atom stereocenters. The summed E-state index contributed by atoms with van der Waals surface area (Å²) in [5.41, 5.74) is 12.8. The Morgan fingerprint density at radius 2 is 1.21 bits per heavy atom. The molecular formula is C43H46ClNOS. The lowest BCUT2D eigenvalue weighted by Crippen LogP contribution is -2.34. The van der Waals surface area contributed by atoms with E-state index < -0.39 is 0 Å². The molecule has 0 radical (unpaired) electrons. The maximum absolute atomic E-state index is 7.13. The highest BCUT2D eigenvalue weighted by atomic mass is 35.5. The Morgan fingerprint density at radius 1 is 0.638 bits per heavy atom. The summed E-state index contributed by atoms with van der Waals surface area (Å²) in [7, 11) is 0. The molecule has 0 aliphatic heterocycles. The molecule has 0 bridgehead atoms. The van der Waals surface area contributed by atoms with Gasteiger partial charge in [-0.25, -0.2) is 0 Å². The number of nitrogens with zero attached hydrogens (tertiary/aromatic N) is 1. The zero-order chi connectivity index (χ0) is 33.3. The first-order valence-electron chi connectivity index (χ1n) is 17.2. The Balaban J connectivity index is 1.44. The zero-order valence-electron chi connectivity index (χ0n) is 29.3. The van der Waals surface area contributed by atoms with Crippen LogP contribution in [-0.4, -0.2) is 0 Å². The lowest BCUT2D eigenvalue weighted by atomic mass is 9.62. The number of aryl methyl sites for hydroxylation is 1. The van der Waals surface area contributed by atoms with Crippen LogP contribution in [0, 0.1) is 6.92 Å². The molecule has 2 nitrogen and oxygen atoms in total. The number of hydrogen-bond acceptors (Lipinski definition) is 3. The largest absolute Gasteiger partial charge is 0.454 e. The van der Waals surface area contributed by atoms with Gasteiger partial charge in [0.1, 0.15) is 5.58 Å². The van der Waals surface area contributed by atoms with E-state index in [0.29, 0.717) is 5.02 Å². The molecule has 2 heterocycles. The maximum Gasteiger partial charge on any atom is 0.154 e. The maximum atomic E-state index is 7.13. The molecule has 2 aliphatic rings. The fourth-order valence-electron chi connectivity index (χ4n) is 8.51. The summed E-state index contributed by atoms with van der Waals surface area (Å²) in [6.07, 6.45) is 4.77. The molecule has 47 heavy (non-hydrogen) atoms. The normalized spacial score (nSPS) is 19.2. The number of anilines is 3. The van der Waals surface area contributed by atoms with Crippen LogP contribution in [-0.2, 0) is 21.7 Å². The minimum Gasteiger partial charge on any atom is -0.454 e. The molecule has 4 aromatic carbocycles. The third-order valence-electron chi connectivity index (χ3n) is 11.9. The first-order chi connectivity index (χ1) is 22.1. The topological polar surface area (TPSA) is 16.4 Å². The van der Waals surface area contributed by atoms with Crippen molar-refractivity contribution >= 4 is 72.0 Å². The van der Waals surface area contributed by atoms with Crippen molar-refractivity contribution in [3.8, 4) is 0 Å². The molecule has 242 valence electrons. The molecule has 2 aliphatic carbocycles. The Labute approximate surface area is 288 Å². The lowest BCUT2D eigenvalue weighted by Gasteiger charge is -2.43. The Bertz CT molecular complexity index is 2240. The fraction of sp³-hybridized carbons (Fsp3) is 0.395. The van der Waals surface area contributed by atoms with Gasteiger partial charge in [-0.15, -0.1) is 11.3 Å². The monoisotopic (exact) mass is 659 g/mol. The van der Waals surface area contributed by atoms with Gasteiger partial charge in [0.2, 0.25) is 0 Å². The number of furan rings is 1. The van der Waals surface area contributed by atoms with Crippen LogP contribution in [0.5, 0.6) is 0 Å². The predicted octanol–water partition coefficient (Wildman–Crippen LogP) is 13.9. The van der Waals surface area contributed by atoms with Gasteiger partial charge in [0.25, 0.3) is 0 Å². The summed E-state index contributed by atoms with van der Waals surface area (Å²) in [6, 6.07) is 22.7. The van der Waals surface area contributed by atoms with E-state index >= 15 is 0 Å². The van der Waals surface area contributed by atoms with Gasteiger partial charge in [0, 0.05) is 37.6 Å². The fourth-order valence-corrected chi connectivity index (χ4v) is 9.71. The minimum absolute atomic E-state index is 0.0900. The third kappa shape index (κ3) is 4.71. The first-order valence-corrected chi connectivity index (χ1v) is 18.5. The van der Waals surface area contributed by atoms with Crippen LogP contribution in [0.4, 0.5) is 17.1 Å². The predicted molar refractivity (Wildman–Crippen MR) is 204 cm³/mol. The van der Waals surface area contributed by atoms with E-state index in [-0.39, 0.29) is 21.7 Å². The summed E-state index contributed by atoms with van der Waals surface area (Å²) in [5, 5.41) is 6.45. The van der Waals surface area contributed by atoms with Gasteiger partial charge in [-0.1, -0.05) is 91.3 Å². The Morgan fingerprint density at radius 3 is 1.87 bits per heavy atom. The average Bonchev–Trinajstić information content (AvgIpc) is 3.60. The second-order valence-electron chi connectivity index (χ2n) is 17.0. The van der Waals surface area contributed by atoms with Crippen molar-refractivity contribution in [1.29, 1.82) is 0 Å². The number of hydrogen-bond donors (Lipinski definition) is 0. The molecule has 6 aromatic rings. The molecule has 0 N–H and O–H groups in total. The molecule has 0 fully saturated rings. The summed E-state index contributed by atoms with van der Waals surface area (Å²) < 4.78 is 7.63. The molecule has 0 spiro atoms. The van der Waals surface area contributed by atoms with E-state index in [1.807, 2.05) is 23.5 Å². The minimum atomic E-state index is 0.0900. The van der Waals surface area contributed by atoms with Crippen molar-refractivity contribution in [2.45, 2.75) is 110 Å². The SMILES string of the molecule is Cc1cc2c(cc1N(c1cc(Cl)c3oc4ccccc4c3c1)c1csc3cc4c(cc13)C(C)(C)CCC4(C)C)C(C)(C)CCC2(C)C. The molecule has 0 saturated heterocycles. The van der Waals surface area contributed by atoms with Gasteiger partial charge in [0.15, 0.2) is 5.58 Å². The third-order valence-corrected chi connectivity index (χ3v) is 13.1. The molecule has 4 heteroatoms. The highest BCUT2D eigenvalue weighted by molar-refractivity contribution is 7.17.